The quantitative estimate of drug-likeness (QED) is 0.570. The van der Waals surface area contributed by atoms with Gasteiger partial charge in [-0.25, -0.2) is 4.79 Å². The molecule has 0 rings (SSSR count). The predicted octanol–water partition coefficient (Wildman–Crippen LogP) is 2.63. The second-order valence-electron chi connectivity index (χ2n) is 6.50. The van der Waals surface area contributed by atoms with Gasteiger partial charge in [0.05, 0.1) is 0 Å². The van der Waals surface area contributed by atoms with Crippen LogP contribution in [0.25, 0.3) is 0 Å². The van der Waals surface area contributed by atoms with Crippen molar-refractivity contribution in [2.45, 2.75) is 53.5 Å². The fourth-order valence-corrected chi connectivity index (χ4v) is 2.09. The van der Waals surface area contributed by atoms with E-state index < -0.39 is 11.7 Å². The van der Waals surface area contributed by atoms with Crippen LogP contribution in [0.4, 0.5) is 9.18 Å². The number of rotatable bonds is 6. The van der Waals surface area contributed by atoms with Gasteiger partial charge in [0.1, 0.15) is 0 Å². The van der Waals surface area contributed by atoms with Gasteiger partial charge in [-0.15, -0.1) is 4.39 Å². The van der Waals surface area contributed by atoms with Crippen LogP contribution in [0.1, 0.15) is 48.0 Å². The highest BCUT2D eigenvalue weighted by molar-refractivity contribution is 5.78. The third kappa shape index (κ3) is 7.25. The summed E-state index contributed by atoms with van der Waals surface area (Å²) >= 11 is 0. The lowest BCUT2D eigenvalue weighted by Gasteiger charge is -2.36. The van der Waals surface area contributed by atoms with E-state index in [0.717, 1.165) is 0 Å². The first kappa shape index (κ1) is 16.9. The van der Waals surface area contributed by atoms with E-state index in [2.05, 4.69) is 10.6 Å². The van der Waals surface area contributed by atoms with Crippen LogP contribution in [0.2, 0.25) is 0 Å². The van der Waals surface area contributed by atoms with Gasteiger partial charge in [0.15, 0.2) is 0 Å². The van der Waals surface area contributed by atoms with E-state index >= 15 is 0 Å². The second kappa shape index (κ2) is 6.16. The molecule has 4 nitrogen and oxygen atoms in total. The van der Waals surface area contributed by atoms with E-state index in [1.165, 1.54) is 0 Å². The summed E-state index contributed by atoms with van der Waals surface area (Å²) in [6, 6.07) is 0. The molecule has 0 bridgehead atoms. The average Bonchev–Trinajstić information content (AvgIpc) is 2.12. The van der Waals surface area contributed by atoms with E-state index in [1.54, 1.807) is 0 Å². The summed E-state index contributed by atoms with van der Waals surface area (Å²) in [5.41, 5.74) is -0.693. The Bertz CT molecular complexity index is 312. The Morgan fingerprint density at radius 2 is 1.67 bits per heavy atom. The van der Waals surface area contributed by atoms with Crippen molar-refractivity contribution in [3.05, 3.63) is 0 Å². The van der Waals surface area contributed by atoms with E-state index in [1.807, 2.05) is 41.5 Å². The van der Waals surface area contributed by atoms with E-state index in [9.17, 15) is 14.0 Å². The average molecular weight is 260 g/mol. The Kier molecular flexibility index (Phi) is 5.77. The minimum absolute atomic E-state index is 0.00896. The molecule has 0 aromatic rings. The van der Waals surface area contributed by atoms with Gasteiger partial charge < -0.3 is 10.6 Å². The summed E-state index contributed by atoms with van der Waals surface area (Å²) in [6.07, 6.45) is -0.884. The first-order chi connectivity index (χ1) is 7.95. The molecule has 0 unspecified atom stereocenters. The summed E-state index contributed by atoms with van der Waals surface area (Å²) < 4.78 is 12.2. The Morgan fingerprint density at radius 3 is 2.06 bits per heavy atom. The fraction of sp³-hybridized carbons (Fsp3) is 0.846. The van der Waals surface area contributed by atoms with Crippen LogP contribution in [-0.4, -0.2) is 24.2 Å². The van der Waals surface area contributed by atoms with Crippen molar-refractivity contribution in [3.63, 3.8) is 0 Å². The summed E-state index contributed by atoms with van der Waals surface area (Å²) in [7, 11) is 0. The second-order valence-corrected chi connectivity index (χ2v) is 6.50. The zero-order chi connectivity index (χ0) is 14.6. The summed E-state index contributed by atoms with van der Waals surface area (Å²) in [5.74, 6) is -0.0803. The van der Waals surface area contributed by atoms with Crippen molar-refractivity contribution < 1.29 is 14.0 Å². The Labute approximate surface area is 109 Å². The van der Waals surface area contributed by atoms with Gasteiger partial charge in [0.25, 0.3) is 0 Å². The summed E-state index contributed by atoms with van der Waals surface area (Å²) in [5, 5.41) is 5.12. The van der Waals surface area contributed by atoms with Crippen molar-refractivity contribution in [3.8, 4) is 0 Å². The predicted molar refractivity (Wildman–Crippen MR) is 70.0 cm³/mol. The molecule has 0 saturated heterocycles. The highest BCUT2D eigenvalue weighted by Gasteiger charge is 2.30. The number of hydrogen-bond donors (Lipinski definition) is 2. The zero-order valence-corrected chi connectivity index (χ0v) is 12.2. The highest BCUT2D eigenvalue weighted by Crippen LogP contribution is 2.27. The smallest absolute Gasteiger partial charge is 0.351 e. The minimum atomic E-state index is -1.52. The van der Waals surface area contributed by atoms with Crippen molar-refractivity contribution in [1.29, 1.82) is 0 Å². The fourth-order valence-electron chi connectivity index (χ4n) is 2.09. The topological polar surface area (TPSA) is 58.2 Å². The van der Waals surface area contributed by atoms with Gasteiger partial charge in [-0.3, -0.25) is 4.79 Å². The van der Waals surface area contributed by atoms with Crippen LogP contribution >= 0.6 is 0 Å². The molecule has 0 aromatic carbocycles. The number of carbonyl (C=O) groups excluding carboxylic acids is 2. The van der Waals surface area contributed by atoms with Gasteiger partial charge >= 0.3 is 6.16 Å². The largest absolute Gasteiger partial charge is 0.397 e. The number of carbonyl (C=O) groups is 2. The van der Waals surface area contributed by atoms with Crippen molar-refractivity contribution in [2.75, 3.05) is 6.54 Å². The lowest BCUT2D eigenvalue weighted by atomic mass is 9.80. The first-order valence-electron chi connectivity index (χ1n) is 6.20. The lowest BCUT2D eigenvalue weighted by Crippen LogP contribution is -2.49. The van der Waals surface area contributed by atoms with Crippen LogP contribution in [0.15, 0.2) is 0 Å². The number of halogens is 1. The Hall–Kier alpha value is -1.13. The monoisotopic (exact) mass is 260 g/mol. The lowest BCUT2D eigenvalue weighted by molar-refractivity contribution is -0.125. The Morgan fingerprint density at radius 1 is 1.17 bits per heavy atom. The number of hydrogen-bond acceptors (Lipinski definition) is 2. The van der Waals surface area contributed by atoms with E-state index in [-0.39, 0.29) is 23.8 Å². The molecule has 18 heavy (non-hydrogen) atoms. The maximum Gasteiger partial charge on any atom is 0.397 e. The number of amides is 2. The third-order valence-corrected chi connectivity index (χ3v) is 2.61. The molecular formula is C13H25FN2O2. The summed E-state index contributed by atoms with van der Waals surface area (Å²) in [4.78, 5) is 21.9. The highest BCUT2D eigenvalue weighted by atomic mass is 19.1. The molecule has 106 valence electrons. The van der Waals surface area contributed by atoms with Gasteiger partial charge in [0.2, 0.25) is 5.91 Å². The van der Waals surface area contributed by atoms with Crippen LogP contribution in [0.3, 0.4) is 0 Å². The summed E-state index contributed by atoms with van der Waals surface area (Å²) in [6.45, 7) is 11.6. The molecule has 2 N–H and O–H groups in total. The molecule has 0 aliphatic rings. The third-order valence-electron chi connectivity index (χ3n) is 2.61. The van der Waals surface area contributed by atoms with E-state index in [4.69, 9.17) is 0 Å². The van der Waals surface area contributed by atoms with Crippen LogP contribution < -0.4 is 10.6 Å². The number of nitrogens with one attached hydrogen (secondary N) is 2. The van der Waals surface area contributed by atoms with Crippen LogP contribution in [0.5, 0.6) is 0 Å². The molecule has 0 radical (unpaired) electrons. The molecule has 0 aromatic heterocycles. The van der Waals surface area contributed by atoms with Crippen molar-refractivity contribution >= 4 is 12.1 Å². The molecule has 0 fully saturated rings. The molecule has 0 aliphatic carbocycles. The molecule has 0 saturated carbocycles. The van der Waals surface area contributed by atoms with Gasteiger partial charge in [-0.05, 0) is 25.7 Å². The van der Waals surface area contributed by atoms with Crippen LogP contribution in [0, 0.1) is 11.3 Å². The molecule has 2 amide bonds. The SMILES string of the molecule is CC(C)C(=O)NC(C)(C)CC(C)(C)CNC(=O)F. The molecule has 5 heteroatoms. The van der Waals surface area contributed by atoms with Gasteiger partial charge in [-0.2, -0.15) is 0 Å². The standard InChI is InChI=1S/C13H25FN2O2/c1-9(2)10(17)16-13(5,6)7-12(3,4)8-15-11(14)18/h9H,7-8H2,1-6H3,(H,15,18)(H,16,17). The van der Waals surface area contributed by atoms with Crippen molar-refractivity contribution in [1.82, 2.24) is 10.6 Å². The molecule has 0 heterocycles. The van der Waals surface area contributed by atoms with Crippen molar-refractivity contribution in [2.24, 2.45) is 11.3 Å². The van der Waals surface area contributed by atoms with Gasteiger partial charge in [0, 0.05) is 18.0 Å². The molecule has 0 aliphatic heterocycles. The Balaban J connectivity index is 4.45. The minimum Gasteiger partial charge on any atom is -0.351 e. The maximum atomic E-state index is 12.2. The first-order valence-corrected chi connectivity index (χ1v) is 6.20. The molecule has 0 spiro atoms. The normalized spacial score (nSPS) is 12.4. The molecule has 0 atom stereocenters. The molecular weight excluding hydrogens is 235 g/mol. The zero-order valence-electron chi connectivity index (χ0n) is 12.2. The van der Waals surface area contributed by atoms with Crippen LogP contribution in [-0.2, 0) is 4.79 Å². The van der Waals surface area contributed by atoms with Gasteiger partial charge in [-0.1, -0.05) is 27.7 Å². The maximum absolute atomic E-state index is 12.2. The van der Waals surface area contributed by atoms with E-state index in [0.29, 0.717) is 6.42 Å².